The normalized spacial score (nSPS) is 9.43. The van der Waals surface area contributed by atoms with Crippen LogP contribution in [0.5, 0.6) is 0 Å². The van der Waals surface area contributed by atoms with Crippen LogP contribution in [-0.4, -0.2) is 4.87 Å². The summed E-state index contributed by atoms with van der Waals surface area (Å²) in [5.74, 6) is 8.00. The van der Waals surface area contributed by atoms with Crippen molar-refractivity contribution in [2.45, 2.75) is 25.6 Å². The van der Waals surface area contributed by atoms with Gasteiger partial charge in [-0.15, -0.1) is 11.6 Å². The summed E-state index contributed by atoms with van der Waals surface area (Å²) in [5, 5.41) is 0. The lowest BCUT2D eigenvalue weighted by Gasteiger charge is -2.01. The van der Waals surface area contributed by atoms with Gasteiger partial charge < -0.3 is 0 Å². The summed E-state index contributed by atoms with van der Waals surface area (Å²) in [4.78, 5) is -0.0278. The van der Waals surface area contributed by atoms with Crippen molar-refractivity contribution in [1.82, 2.24) is 0 Å². The minimum Gasteiger partial charge on any atom is -0.274 e. The van der Waals surface area contributed by atoms with Gasteiger partial charge in [0.15, 0.2) is 0 Å². The number of nitrogens with two attached hydrogens (primary N) is 2. The average molecular weight is 125 g/mol. The smallest absolute Gasteiger partial charge is 0.0362 e. The molecule has 4 N–H and O–H groups in total. The summed E-state index contributed by atoms with van der Waals surface area (Å²) in [6, 6.07) is 0. The van der Waals surface area contributed by atoms with Gasteiger partial charge in [0, 0.05) is 4.87 Å². The minimum absolute atomic E-state index is 0.0278. The van der Waals surface area contributed by atoms with Crippen molar-refractivity contribution in [3.63, 3.8) is 0 Å². The summed E-state index contributed by atoms with van der Waals surface area (Å²) in [5.41, 5.74) is 0. The lowest BCUT2D eigenvalue weighted by Crippen LogP contribution is -2.02. The molecule has 0 unspecified atom stereocenters. The van der Waals surface area contributed by atoms with E-state index in [9.17, 15) is 0 Å². The van der Waals surface area contributed by atoms with E-state index < -0.39 is 0 Å². The Labute approximate surface area is 49.8 Å². The summed E-state index contributed by atoms with van der Waals surface area (Å²) >= 11 is 5.53. The van der Waals surface area contributed by atoms with Crippen molar-refractivity contribution in [3.8, 4) is 0 Å². The van der Waals surface area contributed by atoms with Crippen LogP contribution in [0.15, 0.2) is 0 Å². The molecule has 0 amide bonds. The molecule has 0 aliphatic rings. The molecule has 0 saturated carbocycles. The minimum atomic E-state index is -0.0278. The second-order valence-electron chi connectivity index (χ2n) is 2.07. The number of rotatable bonds is 0. The van der Waals surface area contributed by atoms with E-state index in [4.69, 9.17) is 11.6 Å². The first kappa shape index (κ1) is 10.2. The number of hydrazine groups is 1. The summed E-state index contributed by atoms with van der Waals surface area (Å²) < 4.78 is 0. The first-order valence-corrected chi connectivity index (χ1v) is 2.40. The van der Waals surface area contributed by atoms with Crippen LogP contribution in [-0.2, 0) is 0 Å². The number of alkyl halides is 1. The number of hydrogen-bond donors (Lipinski definition) is 2. The molecule has 7 heavy (non-hydrogen) atoms. The maximum Gasteiger partial charge on any atom is 0.0362 e. The van der Waals surface area contributed by atoms with Gasteiger partial charge in [-0.3, -0.25) is 11.7 Å². The van der Waals surface area contributed by atoms with Crippen molar-refractivity contribution in [2.75, 3.05) is 0 Å². The highest BCUT2D eigenvalue weighted by Crippen LogP contribution is 2.07. The maximum absolute atomic E-state index is 5.53. The van der Waals surface area contributed by atoms with Gasteiger partial charge in [0.05, 0.1) is 0 Å². The molecule has 0 radical (unpaired) electrons. The fourth-order valence-electron chi connectivity index (χ4n) is 0. The predicted molar refractivity (Wildman–Crippen MR) is 34.0 cm³/mol. The van der Waals surface area contributed by atoms with Crippen LogP contribution in [0, 0.1) is 0 Å². The molecule has 0 rings (SSSR count). The van der Waals surface area contributed by atoms with E-state index in [1.807, 2.05) is 20.8 Å². The summed E-state index contributed by atoms with van der Waals surface area (Å²) in [6.45, 7) is 5.86. The fourth-order valence-corrected chi connectivity index (χ4v) is 0. The van der Waals surface area contributed by atoms with Gasteiger partial charge in [0.1, 0.15) is 0 Å². The predicted octanol–water partition coefficient (Wildman–Crippen LogP) is 0.843. The molecule has 0 aromatic heterocycles. The van der Waals surface area contributed by atoms with E-state index >= 15 is 0 Å². The molecule has 0 heterocycles. The molecular weight excluding hydrogens is 112 g/mol. The van der Waals surface area contributed by atoms with Gasteiger partial charge in [0.2, 0.25) is 0 Å². The highest BCUT2D eigenvalue weighted by atomic mass is 35.5. The van der Waals surface area contributed by atoms with Gasteiger partial charge in [-0.1, -0.05) is 0 Å². The third kappa shape index (κ3) is 2500. The molecular formula is C4H13ClN2. The van der Waals surface area contributed by atoms with Crippen molar-refractivity contribution in [1.29, 1.82) is 0 Å². The highest BCUT2D eigenvalue weighted by Gasteiger charge is 1.99. The lowest BCUT2D eigenvalue weighted by atomic mass is 10.3. The van der Waals surface area contributed by atoms with Crippen molar-refractivity contribution in [2.24, 2.45) is 11.7 Å². The van der Waals surface area contributed by atoms with Crippen LogP contribution in [0.3, 0.4) is 0 Å². The molecule has 46 valence electrons. The van der Waals surface area contributed by atoms with Gasteiger partial charge in [-0.25, -0.2) is 0 Å². The average Bonchev–Trinajstić information content (AvgIpc) is 1.36. The Morgan fingerprint density at radius 1 is 1.14 bits per heavy atom. The van der Waals surface area contributed by atoms with E-state index in [1.54, 1.807) is 0 Å². The largest absolute Gasteiger partial charge is 0.274 e. The van der Waals surface area contributed by atoms with Crippen LogP contribution in [0.4, 0.5) is 0 Å². The number of halogens is 1. The van der Waals surface area contributed by atoms with E-state index in [0.29, 0.717) is 0 Å². The van der Waals surface area contributed by atoms with E-state index in [1.165, 1.54) is 0 Å². The monoisotopic (exact) mass is 124 g/mol. The van der Waals surface area contributed by atoms with Crippen LogP contribution in [0.1, 0.15) is 20.8 Å². The van der Waals surface area contributed by atoms with Crippen molar-refractivity contribution in [3.05, 3.63) is 0 Å². The molecule has 3 heteroatoms. The van der Waals surface area contributed by atoms with Crippen LogP contribution >= 0.6 is 11.6 Å². The Kier molecular flexibility index (Phi) is 6.40. The third-order valence-corrected chi connectivity index (χ3v) is 0. The summed E-state index contributed by atoms with van der Waals surface area (Å²) in [7, 11) is 0. The Morgan fingerprint density at radius 3 is 1.14 bits per heavy atom. The fraction of sp³-hybridized carbons (Fsp3) is 1.00. The standard InChI is InChI=1S/C4H9Cl.H4N2/c1-4(2,3)5;1-2/h1-3H3;1-2H2. The summed E-state index contributed by atoms with van der Waals surface area (Å²) in [6.07, 6.45) is 0. The molecule has 2 nitrogen and oxygen atoms in total. The van der Waals surface area contributed by atoms with Crippen LogP contribution in [0.25, 0.3) is 0 Å². The molecule has 0 aliphatic carbocycles. The first-order valence-electron chi connectivity index (χ1n) is 2.02. The first-order chi connectivity index (χ1) is 3.00. The molecule has 0 atom stereocenters. The third-order valence-electron chi connectivity index (χ3n) is 0. The molecule has 0 bridgehead atoms. The molecule has 0 fully saturated rings. The zero-order valence-electron chi connectivity index (χ0n) is 5.03. The highest BCUT2D eigenvalue weighted by molar-refractivity contribution is 6.23. The molecule has 0 aromatic rings. The molecule has 0 saturated heterocycles. The molecule has 0 spiro atoms. The second kappa shape index (κ2) is 4.37. The maximum atomic E-state index is 5.53. The Hall–Kier alpha value is 0.210. The zero-order valence-corrected chi connectivity index (χ0v) is 5.79. The van der Waals surface area contributed by atoms with Crippen LogP contribution < -0.4 is 11.7 Å². The van der Waals surface area contributed by atoms with Gasteiger partial charge >= 0.3 is 0 Å². The second-order valence-corrected chi connectivity index (χ2v) is 3.20. The van der Waals surface area contributed by atoms with Crippen molar-refractivity contribution < 1.29 is 0 Å². The van der Waals surface area contributed by atoms with Gasteiger partial charge in [0.25, 0.3) is 0 Å². The van der Waals surface area contributed by atoms with Gasteiger partial charge in [-0.2, -0.15) is 0 Å². The Balaban J connectivity index is 0. The van der Waals surface area contributed by atoms with E-state index in [-0.39, 0.29) is 4.87 Å². The zero-order chi connectivity index (χ0) is 6.50. The van der Waals surface area contributed by atoms with E-state index in [0.717, 1.165) is 0 Å². The topological polar surface area (TPSA) is 52.0 Å². The molecule has 0 aliphatic heterocycles. The van der Waals surface area contributed by atoms with Crippen LogP contribution in [0.2, 0.25) is 0 Å². The van der Waals surface area contributed by atoms with Crippen molar-refractivity contribution >= 4 is 11.6 Å². The Bertz CT molecular complexity index is 25.2. The number of hydrogen-bond acceptors (Lipinski definition) is 2. The SMILES string of the molecule is CC(C)(C)Cl.NN. The lowest BCUT2D eigenvalue weighted by molar-refractivity contribution is 0.788. The Morgan fingerprint density at radius 2 is 1.14 bits per heavy atom. The van der Waals surface area contributed by atoms with Gasteiger partial charge in [-0.05, 0) is 20.8 Å². The van der Waals surface area contributed by atoms with E-state index in [2.05, 4.69) is 11.7 Å². The quantitative estimate of drug-likeness (QED) is 0.286. The molecule has 0 aromatic carbocycles.